The van der Waals surface area contributed by atoms with Gasteiger partial charge in [0.1, 0.15) is 5.82 Å². The van der Waals surface area contributed by atoms with E-state index in [9.17, 15) is 13.6 Å². The Morgan fingerprint density at radius 1 is 1.50 bits per heavy atom. The number of ether oxygens (including phenoxy) is 1. The smallest absolute Gasteiger partial charge is 0.260 e. The highest BCUT2D eigenvalue weighted by atomic mass is 19.1. The summed E-state index contributed by atoms with van der Waals surface area (Å²) in [5, 5.41) is 0. The molecule has 1 aliphatic rings. The Balaban J connectivity index is 1.92. The van der Waals surface area contributed by atoms with Crippen molar-refractivity contribution in [2.45, 2.75) is 19.4 Å². The molecule has 1 saturated heterocycles. The van der Waals surface area contributed by atoms with Gasteiger partial charge in [-0.3, -0.25) is 4.79 Å². The highest BCUT2D eigenvalue weighted by Crippen LogP contribution is 2.23. The summed E-state index contributed by atoms with van der Waals surface area (Å²) in [6.07, 6.45) is 0.868. The molecule has 0 bridgehead atoms. The second-order valence-corrected chi connectivity index (χ2v) is 5.10. The Bertz CT molecular complexity index is 496. The average Bonchev–Trinajstić information content (AvgIpc) is 2.79. The van der Waals surface area contributed by atoms with Gasteiger partial charge in [-0.15, -0.1) is 0 Å². The molecular formula is C14H18F2N2O2. The molecule has 1 aromatic rings. The van der Waals surface area contributed by atoms with Crippen LogP contribution in [0, 0.1) is 17.6 Å². The number of hydrogen-bond acceptors (Lipinski definition) is 3. The minimum Gasteiger partial charge on any atom is -0.481 e. The van der Waals surface area contributed by atoms with Crippen molar-refractivity contribution < 1.29 is 18.3 Å². The highest BCUT2D eigenvalue weighted by Gasteiger charge is 2.31. The zero-order valence-corrected chi connectivity index (χ0v) is 11.3. The summed E-state index contributed by atoms with van der Waals surface area (Å²) in [5.74, 6) is -1.53. The van der Waals surface area contributed by atoms with Crippen LogP contribution in [-0.4, -0.2) is 36.5 Å². The minimum absolute atomic E-state index is 0.109. The number of halogens is 2. The molecule has 1 amide bonds. The van der Waals surface area contributed by atoms with E-state index in [1.807, 2.05) is 6.92 Å². The number of nitrogens with two attached hydrogens (primary N) is 1. The minimum atomic E-state index is -0.813. The number of carbonyl (C=O) groups is 1. The Morgan fingerprint density at radius 2 is 2.25 bits per heavy atom. The summed E-state index contributed by atoms with van der Waals surface area (Å²) in [6, 6.07) is 3.10. The maximum atomic E-state index is 13.4. The molecule has 2 atom stereocenters. The van der Waals surface area contributed by atoms with Crippen molar-refractivity contribution in [1.29, 1.82) is 0 Å². The zero-order valence-electron chi connectivity index (χ0n) is 11.3. The van der Waals surface area contributed by atoms with Gasteiger partial charge in [0.25, 0.3) is 5.91 Å². The molecule has 0 saturated carbocycles. The molecule has 20 heavy (non-hydrogen) atoms. The number of carbonyl (C=O) groups excluding carboxylic acids is 1. The normalized spacial score (nSPS) is 22.1. The first-order chi connectivity index (χ1) is 9.51. The highest BCUT2D eigenvalue weighted by molar-refractivity contribution is 5.78. The third kappa shape index (κ3) is 3.25. The molecular weight excluding hydrogens is 266 g/mol. The van der Waals surface area contributed by atoms with Crippen molar-refractivity contribution in [3.8, 4) is 5.75 Å². The molecule has 6 heteroatoms. The second-order valence-electron chi connectivity index (χ2n) is 5.10. The van der Waals surface area contributed by atoms with Gasteiger partial charge >= 0.3 is 0 Å². The van der Waals surface area contributed by atoms with Crippen molar-refractivity contribution >= 4 is 5.91 Å². The van der Waals surface area contributed by atoms with Crippen molar-refractivity contribution in [3.05, 3.63) is 29.8 Å². The third-order valence-corrected chi connectivity index (χ3v) is 3.56. The Kier molecular flexibility index (Phi) is 4.54. The van der Waals surface area contributed by atoms with Gasteiger partial charge in [0.2, 0.25) is 0 Å². The SMILES string of the molecule is CC1CC(CN)CN1C(=O)COc1ccc(F)cc1F. The van der Waals surface area contributed by atoms with Crippen LogP contribution in [0.15, 0.2) is 18.2 Å². The molecule has 0 aromatic heterocycles. The number of hydrogen-bond donors (Lipinski definition) is 1. The topological polar surface area (TPSA) is 55.6 Å². The van der Waals surface area contributed by atoms with E-state index in [1.54, 1.807) is 4.90 Å². The van der Waals surface area contributed by atoms with Crippen molar-refractivity contribution in [2.24, 2.45) is 11.7 Å². The van der Waals surface area contributed by atoms with Gasteiger partial charge < -0.3 is 15.4 Å². The summed E-state index contributed by atoms with van der Waals surface area (Å²) in [7, 11) is 0. The van der Waals surface area contributed by atoms with Crippen LogP contribution in [0.1, 0.15) is 13.3 Å². The number of benzene rings is 1. The molecule has 0 aliphatic carbocycles. The van der Waals surface area contributed by atoms with E-state index in [4.69, 9.17) is 10.5 Å². The second kappa shape index (κ2) is 6.17. The van der Waals surface area contributed by atoms with Gasteiger partial charge in [-0.05, 0) is 37.9 Å². The van der Waals surface area contributed by atoms with Crippen LogP contribution in [0.2, 0.25) is 0 Å². The quantitative estimate of drug-likeness (QED) is 0.912. The summed E-state index contributed by atoms with van der Waals surface area (Å²) in [6.45, 7) is 2.84. The summed E-state index contributed by atoms with van der Waals surface area (Å²) >= 11 is 0. The van der Waals surface area contributed by atoms with Crippen LogP contribution in [0.5, 0.6) is 5.75 Å². The van der Waals surface area contributed by atoms with Crippen LogP contribution < -0.4 is 10.5 Å². The van der Waals surface area contributed by atoms with Crippen LogP contribution in [0.25, 0.3) is 0 Å². The fourth-order valence-electron chi connectivity index (χ4n) is 2.48. The van der Waals surface area contributed by atoms with Crippen LogP contribution in [0.4, 0.5) is 8.78 Å². The van der Waals surface area contributed by atoms with Gasteiger partial charge in [0.05, 0.1) is 0 Å². The van der Waals surface area contributed by atoms with E-state index >= 15 is 0 Å². The van der Waals surface area contributed by atoms with Gasteiger partial charge in [-0.25, -0.2) is 8.78 Å². The van der Waals surface area contributed by atoms with E-state index in [0.29, 0.717) is 19.0 Å². The molecule has 110 valence electrons. The standard InChI is InChI=1S/C14H18F2N2O2/c1-9-4-10(6-17)7-18(9)14(19)8-20-13-3-2-11(15)5-12(13)16/h2-3,5,9-10H,4,6-8,17H2,1H3. The molecule has 1 fully saturated rings. The van der Waals surface area contributed by atoms with Crippen molar-refractivity contribution in [3.63, 3.8) is 0 Å². The van der Waals surface area contributed by atoms with Gasteiger partial charge in [-0.2, -0.15) is 0 Å². The Morgan fingerprint density at radius 3 is 2.85 bits per heavy atom. The van der Waals surface area contributed by atoms with Crippen LogP contribution >= 0.6 is 0 Å². The Hall–Kier alpha value is -1.69. The fourth-order valence-corrected chi connectivity index (χ4v) is 2.48. The molecule has 1 heterocycles. The zero-order chi connectivity index (χ0) is 14.7. The molecule has 2 unspecified atom stereocenters. The third-order valence-electron chi connectivity index (χ3n) is 3.56. The molecule has 1 aliphatic heterocycles. The molecule has 1 aromatic carbocycles. The molecule has 0 radical (unpaired) electrons. The molecule has 0 spiro atoms. The molecule has 2 N–H and O–H groups in total. The van der Waals surface area contributed by atoms with E-state index in [-0.39, 0.29) is 24.3 Å². The van der Waals surface area contributed by atoms with Crippen LogP contribution in [-0.2, 0) is 4.79 Å². The largest absolute Gasteiger partial charge is 0.481 e. The molecule has 4 nitrogen and oxygen atoms in total. The maximum Gasteiger partial charge on any atom is 0.260 e. The van der Waals surface area contributed by atoms with Crippen molar-refractivity contribution in [1.82, 2.24) is 4.90 Å². The van der Waals surface area contributed by atoms with E-state index in [2.05, 4.69) is 0 Å². The predicted octanol–water partition coefficient (Wildman–Crippen LogP) is 1.54. The lowest BCUT2D eigenvalue weighted by Crippen LogP contribution is -2.37. The lowest BCUT2D eigenvalue weighted by Gasteiger charge is -2.21. The first-order valence-electron chi connectivity index (χ1n) is 6.58. The first kappa shape index (κ1) is 14.7. The van der Waals surface area contributed by atoms with Crippen molar-refractivity contribution in [2.75, 3.05) is 19.7 Å². The predicted molar refractivity (Wildman–Crippen MR) is 70.2 cm³/mol. The summed E-state index contributed by atoms with van der Waals surface area (Å²) in [4.78, 5) is 13.7. The van der Waals surface area contributed by atoms with E-state index < -0.39 is 11.6 Å². The number of rotatable bonds is 4. The van der Waals surface area contributed by atoms with E-state index in [1.165, 1.54) is 6.07 Å². The van der Waals surface area contributed by atoms with Gasteiger partial charge in [0.15, 0.2) is 18.2 Å². The average molecular weight is 284 g/mol. The monoisotopic (exact) mass is 284 g/mol. The van der Waals surface area contributed by atoms with Gasteiger partial charge in [-0.1, -0.05) is 0 Å². The fraction of sp³-hybridized carbons (Fsp3) is 0.500. The maximum absolute atomic E-state index is 13.4. The summed E-state index contributed by atoms with van der Waals surface area (Å²) in [5.41, 5.74) is 5.60. The first-order valence-corrected chi connectivity index (χ1v) is 6.58. The lowest BCUT2D eigenvalue weighted by atomic mass is 10.1. The van der Waals surface area contributed by atoms with Crippen LogP contribution in [0.3, 0.4) is 0 Å². The summed E-state index contributed by atoms with van der Waals surface area (Å²) < 4.78 is 31.2. The number of likely N-dealkylation sites (tertiary alicyclic amines) is 1. The van der Waals surface area contributed by atoms with E-state index in [0.717, 1.165) is 18.6 Å². The number of nitrogens with zero attached hydrogens (tertiary/aromatic N) is 1. The molecule has 2 rings (SSSR count). The lowest BCUT2D eigenvalue weighted by molar-refractivity contribution is -0.134. The number of amides is 1. The van der Waals surface area contributed by atoms with Gasteiger partial charge in [0, 0.05) is 18.7 Å². The Labute approximate surface area is 116 Å².